The van der Waals surface area contributed by atoms with Crippen LogP contribution in [0.25, 0.3) is 0 Å². The highest BCUT2D eigenvalue weighted by Crippen LogP contribution is 2.19. The maximum absolute atomic E-state index is 12.4. The zero-order valence-electron chi connectivity index (χ0n) is 26.8. The molecule has 0 radical (unpaired) electrons. The molecule has 0 N–H and O–H groups in total. The number of nitro groups is 2. The highest BCUT2D eigenvalue weighted by atomic mass is 16.6. The third kappa shape index (κ3) is 17.6. The first-order valence-electron chi connectivity index (χ1n) is 16.0. The summed E-state index contributed by atoms with van der Waals surface area (Å²) in [5, 5.41) is 21.4. The summed E-state index contributed by atoms with van der Waals surface area (Å²) in [5.74, 6) is -1.25. The molecule has 2 aromatic rings. The highest BCUT2D eigenvalue weighted by Gasteiger charge is 2.15. The van der Waals surface area contributed by atoms with Gasteiger partial charge in [0.2, 0.25) is 0 Å². The lowest BCUT2D eigenvalue weighted by Crippen LogP contribution is -2.24. The van der Waals surface area contributed by atoms with Crippen LogP contribution in [0.1, 0.15) is 90.4 Å². The Balaban J connectivity index is 1.60. The largest absolute Gasteiger partial charge is 0.460 e. The predicted octanol–water partition coefficient (Wildman–Crippen LogP) is 7.59. The number of unbranched alkanes of at least 4 members (excludes halogenated alkanes) is 8. The van der Waals surface area contributed by atoms with Gasteiger partial charge in [0, 0.05) is 37.1 Å². The van der Waals surface area contributed by atoms with E-state index in [0.717, 1.165) is 64.2 Å². The fourth-order valence-corrected chi connectivity index (χ4v) is 4.50. The van der Waals surface area contributed by atoms with E-state index in [1.807, 2.05) is 6.08 Å². The first-order valence-corrected chi connectivity index (χ1v) is 16.0. The van der Waals surface area contributed by atoms with Gasteiger partial charge in [-0.15, -0.1) is 0 Å². The van der Waals surface area contributed by atoms with E-state index in [1.165, 1.54) is 48.5 Å². The van der Waals surface area contributed by atoms with Gasteiger partial charge in [-0.1, -0.05) is 57.6 Å². The van der Waals surface area contributed by atoms with E-state index < -0.39 is 35.0 Å². The SMILES string of the molecule is CCCCCC[C@H](CC=CCCCCCCCC(=O)Oc1ccc([N+](=O)[O-])cc1)OC(=O)COCC(=O)Oc1ccc([N+](=O)[O-])cc1. The van der Waals surface area contributed by atoms with Gasteiger partial charge < -0.3 is 18.9 Å². The van der Waals surface area contributed by atoms with Crippen molar-refractivity contribution in [3.63, 3.8) is 0 Å². The maximum atomic E-state index is 12.4. The van der Waals surface area contributed by atoms with Crippen molar-refractivity contribution in [2.45, 2.75) is 96.5 Å². The molecular formula is C34H44N2O11. The average Bonchev–Trinajstić information content (AvgIpc) is 3.04. The number of carbonyl (C=O) groups excluding carboxylic acids is 3. The number of hydrogen-bond acceptors (Lipinski definition) is 11. The van der Waals surface area contributed by atoms with Crippen LogP contribution in [0.15, 0.2) is 60.7 Å². The number of non-ortho nitro benzene ring substituents is 2. The molecule has 0 unspecified atom stereocenters. The van der Waals surface area contributed by atoms with Gasteiger partial charge >= 0.3 is 17.9 Å². The number of nitro benzene ring substituents is 2. The third-order valence-corrected chi connectivity index (χ3v) is 6.99. The van der Waals surface area contributed by atoms with E-state index in [9.17, 15) is 34.6 Å². The molecule has 0 heterocycles. The summed E-state index contributed by atoms with van der Waals surface area (Å²) in [5.41, 5.74) is -0.188. The van der Waals surface area contributed by atoms with Crippen molar-refractivity contribution in [1.29, 1.82) is 0 Å². The Morgan fingerprint density at radius 2 is 1.21 bits per heavy atom. The number of ether oxygens (including phenoxy) is 4. The summed E-state index contributed by atoms with van der Waals surface area (Å²) in [4.78, 5) is 56.7. The molecule has 2 aromatic carbocycles. The molecule has 0 aromatic heterocycles. The Bertz CT molecular complexity index is 1290. The standard InChI is InChI=1S/C34H44N2O11/c1-2-3-4-11-14-29(46-33(38)25-44-26-34(39)47-31-23-19-28(20-24-31)36(42)43)15-12-9-7-5-6-8-10-13-16-32(37)45-30-21-17-27(18-22-30)35(40)41/h9,12,17-24,29H,2-8,10-11,13-16,25-26H2,1H3/t29-/m1/s1. The topological polar surface area (TPSA) is 174 Å². The van der Waals surface area contributed by atoms with Crippen LogP contribution in [0, 0.1) is 20.2 Å². The number of nitrogens with zero attached hydrogens (tertiary/aromatic N) is 2. The summed E-state index contributed by atoms with van der Waals surface area (Å²) in [6.45, 7) is 1.25. The van der Waals surface area contributed by atoms with Crippen LogP contribution in [0.5, 0.6) is 11.5 Å². The second-order valence-corrected chi connectivity index (χ2v) is 10.9. The summed E-state index contributed by atoms with van der Waals surface area (Å²) >= 11 is 0. The van der Waals surface area contributed by atoms with E-state index in [0.29, 0.717) is 18.6 Å². The van der Waals surface area contributed by atoms with Crippen molar-refractivity contribution in [2.75, 3.05) is 13.2 Å². The Labute approximate surface area is 274 Å². The van der Waals surface area contributed by atoms with Crippen LogP contribution >= 0.6 is 0 Å². The molecule has 0 saturated heterocycles. The second kappa shape index (κ2) is 22.8. The van der Waals surface area contributed by atoms with Crippen molar-refractivity contribution >= 4 is 29.3 Å². The monoisotopic (exact) mass is 656 g/mol. The van der Waals surface area contributed by atoms with Gasteiger partial charge in [-0.2, -0.15) is 0 Å². The Morgan fingerprint density at radius 1 is 0.681 bits per heavy atom. The second-order valence-electron chi connectivity index (χ2n) is 10.9. The molecule has 0 aliphatic rings. The lowest BCUT2D eigenvalue weighted by Gasteiger charge is -2.16. The highest BCUT2D eigenvalue weighted by molar-refractivity contribution is 5.75. The first kappa shape index (κ1) is 38.5. The molecule has 13 heteroatoms. The Hall–Kier alpha value is -4.65. The summed E-state index contributed by atoms with van der Waals surface area (Å²) < 4.78 is 21.0. The average molecular weight is 657 g/mol. The molecule has 0 saturated carbocycles. The van der Waals surface area contributed by atoms with Gasteiger partial charge in [0.1, 0.15) is 30.8 Å². The van der Waals surface area contributed by atoms with Crippen LogP contribution in [-0.4, -0.2) is 47.1 Å². The predicted molar refractivity (Wildman–Crippen MR) is 173 cm³/mol. The Kier molecular flexibility index (Phi) is 18.7. The van der Waals surface area contributed by atoms with E-state index in [-0.39, 0.29) is 35.6 Å². The molecule has 0 amide bonds. The van der Waals surface area contributed by atoms with E-state index >= 15 is 0 Å². The van der Waals surface area contributed by atoms with Gasteiger partial charge in [0.25, 0.3) is 11.4 Å². The minimum atomic E-state index is -0.743. The molecule has 0 aliphatic carbocycles. The van der Waals surface area contributed by atoms with Crippen LogP contribution < -0.4 is 9.47 Å². The molecule has 1 atom stereocenters. The van der Waals surface area contributed by atoms with Crippen molar-refractivity contribution in [3.8, 4) is 11.5 Å². The van der Waals surface area contributed by atoms with Gasteiger partial charge in [-0.05, 0) is 56.4 Å². The van der Waals surface area contributed by atoms with Crippen LogP contribution in [0.3, 0.4) is 0 Å². The van der Waals surface area contributed by atoms with Crippen molar-refractivity contribution < 1.29 is 43.2 Å². The van der Waals surface area contributed by atoms with Gasteiger partial charge in [0.15, 0.2) is 0 Å². The number of allylic oxidation sites excluding steroid dienone is 1. The number of benzene rings is 2. The number of carbonyl (C=O) groups is 3. The van der Waals surface area contributed by atoms with Crippen LogP contribution in [0.4, 0.5) is 11.4 Å². The van der Waals surface area contributed by atoms with E-state index in [2.05, 4.69) is 13.0 Å². The molecule has 256 valence electrons. The van der Waals surface area contributed by atoms with Crippen molar-refractivity contribution in [1.82, 2.24) is 0 Å². The molecule has 13 nitrogen and oxygen atoms in total. The number of esters is 3. The normalized spacial score (nSPS) is 11.6. The molecule has 0 bridgehead atoms. The van der Waals surface area contributed by atoms with Gasteiger partial charge in [-0.3, -0.25) is 25.0 Å². The molecule has 0 aliphatic heterocycles. The fourth-order valence-electron chi connectivity index (χ4n) is 4.50. The summed E-state index contributed by atoms with van der Waals surface area (Å²) in [7, 11) is 0. The van der Waals surface area contributed by atoms with Gasteiger partial charge in [0.05, 0.1) is 9.85 Å². The maximum Gasteiger partial charge on any atom is 0.337 e. The molecule has 47 heavy (non-hydrogen) atoms. The zero-order chi connectivity index (χ0) is 34.3. The van der Waals surface area contributed by atoms with Crippen LogP contribution in [0.2, 0.25) is 0 Å². The molecular weight excluding hydrogens is 612 g/mol. The fraction of sp³-hybridized carbons (Fsp3) is 0.500. The molecule has 0 spiro atoms. The minimum absolute atomic E-state index is 0.0604. The van der Waals surface area contributed by atoms with E-state index in [4.69, 9.17) is 18.9 Å². The lowest BCUT2D eigenvalue weighted by molar-refractivity contribution is -0.385. The first-order chi connectivity index (χ1) is 22.7. The molecule has 2 rings (SSSR count). The van der Waals surface area contributed by atoms with Gasteiger partial charge in [-0.25, -0.2) is 9.59 Å². The van der Waals surface area contributed by atoms with Crippen molar-refractivity contribution in [2.24, 2.45) is 0 Å². The number of hydrogen-bond donors (Lipinski definition) is 0. The van der Waals surface area contributed by atoms with E-state index in [1.54, 1.807) is 0 Å². The smallest absolute Gasteiger partial charge is 0.337 e. The summed E-state index contributed by atoms with van der Waals surface area (Å²) in [6.07, 6.45) is 15.1. The summed E-state index contributed by atoms with van der Waals surface area (Å²) in [6, 6.07) is 10.5. The quantitative estimate of drug-likeness (QED) is 0.0272. The third-order valence-electron chi connectivity index (χ3n) is 6.99. The lowest BCUT2D eigenvalue weighted by atomic mass is 10.1. The Morgan fingerprint density at radius 3 is 1.81 bits per heavy atom. The zero-order valence-corrected chi connectivity index (χ0v) is 26.8. The van der Waals surface area contributed by atoms with Crippen LogP contribution in [-0.2, 0) is 23.9 Å². The number of rotatable bonds is 24. The van der Waals surface area contributed by atoms with Crippen molar-refractivity contribution in [3.05, 3.63) is 80.9 Å². The minimum Gasteiger partial charge on any atom is -0.460 e. The molecule has 0 fully saturated rings.